The summed E-state index contributed by atoms with van der Waals surface area (Å²) < 4.78 is 0. The van der Waals surface area contributed by atoms with E-state index in [-0.39, 0.29) is 0 Å². The molecule has 1 fully saturated rings. The monoisotopic (exact) mass is 246 g/mol. The molecule has 0 atom stereocenters. The molecule has 1 heteroatoms. The number of rotatable bonds is 3. The molecule has 1 aromatic carbocycles. The smallest absolute Gasteiger partial charge is 0.0688 e. The molecule has 1 aliphatic carbocycles. The molecule has 1 N–H and O–H groups in total. The molecule has 0 aromatic heterocycles. The Bertz CT molecular complexity index is 400. The first-order valence-corrected chi connectivity index (χ1v) is 7.31. The zero-order chi connectivity index (χ0) is 13.2. The predicted molar refractivity (Wildman–Crippen MR) is 76.8 cm³/mol. The van der Waals surface area contributed by atoms with Gasteiger partial charge in [-0.05, 0) is 56.6 Å². The second-order valence-corrected chi connectivity index (χ2v) is 6.18. The van der Waals surface area contributed by atoms with Gasteiger partial charge in [0.25, 0.3) is 0 Å². The van der Waals surface area contributed by atoms with Gasteiger partial charge in [0.2, 0.25) is 0 Å². The minimum Gasteiger partial charge on any atom is -0.390 e. The first-order chi connectivity index (χ1) is 8.52. The van der Waals surface area contributed by atoms with Crippen molar-refractivity contribution in [2.75, 3.05) is 0 Å². The van der Waals surface area contributed by atoms with E-state index >= 15 is 0 Å². The molecule has 1 aliphatic rings. The summed E-state index contributed by atoms with van der Waals surface area (Å²) in [6, 6.07) is 6.56. The van der Waals surface area contributed by atoms with E-state index in [2.05, 4.69) is 39.0 Å². The third-order valence-corrected chi connectivity index (χ3v) is 4.64. The van der Waals surface area contributed by atoms with Crippen molar-refractivity contribution in [2.45, 2.75) is 64.9 Å². The van der Waals surface area contributed by atoms with E-state index in [1.807, 2.05) is 0 Å². The van der Waals surface area contributed by atoms with E-state index in [1.54, 1.807) is 0 Å². The van der Waals surface area contributed by atoms with Gasteiger partial charge < -0.3 is 5.11 Å². The average molecular weight is 246 g/mol. The number of hydrogen-bond donors (Lipinski definition) is 1. The predicted octanol–water partition coefficient (Wildman–Crippen LogP) is 4.18. The maximum absolute atomic E-state index is 10.8. The Balaban J connectivity index is 2.06. The van der Waals surface area contributed by atoms with Crippen LogP contribution in [0.4, 0.5) is 0 Å². The van der Waals surface area contributed by atoms with E-state index in [0.717, 1.165) is 25.2 Å². The summed E-state index contributed by atoms with van der Waals surface area (Å²) in [5, 5.41) is 10.8. The molecule has 0 saturated heterocycles. The Hall–Kier alpha value is -0.820. The summed E-state index contributed by atoms with van der Waals surface area (Å²) in [5.74, 6) is 0.837. The maximum Gasteiger partial charge on any atom is 0.0688 e. The molecular weight excluding hydrogens is 220 g/mol. The van der Waals surface area contributed by atoms with Gasteiger partial charge in [-0.2, -0.15) is 0 Å². The lowest BCUT2D eigenvalue weighted by molar-refractivity contribution is -0.00934. The number of benzene rings is 1. The van der Waals surface area contributed by atoms with Crippen molar-refractivity contribution in [3.8, 4) is 0 Å². The van der Waals surface area contributed by atoms with Gasteiger partial charge in [0.1, 0.15) is 0 Å². The van der Waals surface area contributed by atoms with Crippen LogP contribution in [0.5, 0.6) is 0 Å². The first-order valence-electron chi connectivity index (χ1n) is 7.31. The number of aryl methyl sites for hydroxylation is 2. The molecule has 0 heterocycles. The van der Waals surface area contributed by atoms with Crippen LogP contribution in [0.25, 0.3) is 0 Å². The van der Waals surface area contributed by atoms with Crippen molar-refractivity contribution >= 4 is 0 Å². The summed E-state index contributed by atoms with van der Waals surface area (Å²) >= 11 is 0. The largest absolute Gasteiger partial charge is 0.390 e. The van der Waals surface area contributed by atoms with Crippen LogP contribution in [0.2, 0.25) is 0 Å². The number of hydrogen-bond acceptors (Lipinski definition) is 1. The van der Waals surface area contributed by atoms with E-state index in [9.17, 15) is 5.11 Å². The summed E-state index contributed by atoms with van der Waals surface area (Å²) in [6.45, 7) is 6.54. The quantitative estimate of drug-likeness (QED) is 0.848. The highest BCUT2D eigenvalue weighted by Crippen LogP contribution is 2.36. The van der Waals surface area contributed by atoms with Gasteiger partial charge >= 0.3 is 0 Å². The normalized spacial score (nSPS) is 28.3. The molecule has 0 unspecified atom stereocenters. The van der Waals surface area contributed by atoms with Gasteiger partial charge in [-0.3, -0.25) is 0 Å². The SMILES string of the molecule is CCC1CCC(O)(Cc2cc(C)ccc2C)CC1. The van der Waals surface area contributed by atoms with Crippen LogP contribution < -0.4 is 0 Å². The van der Waals surface area contributed by atoms with Crippen LogP contribution >= 0.6 is 0 Å². The zero-order valence-corrected chi connectivity index (χ0v) is 12.0. The van der Waals surface area contributed by atoms with E-state index in [1.165, 1.54) is 36.0 Å². The summed E-state index contributed by atoms with van der Waals surface area (Å²) in [4.78, 5) is 0. The van der Waals surface area contributed by atoms with E-state index < -0.39 is 5.60 Å². The van der Waals surface area contributed by atoms with Gasteiger partial charge in [-0.1, -0.05) is 37.1 Å². The van der Waals surface area contributed by atoms with Crippen LogP contribution in [0.15, 0.2) is 18.2 Å². The lowest BCUT2D eigenvalue weighted by atomic mass is 9.74. The van der Waals surface area contributed by atoms with Gasteiger partial charge in [-0.25, -0.2) is 0 Å². The maximum atomic E-state index is 10.8. The number of aliphatic hydroxyl groups is 1. The summed E-state index contributed by atoms with van der Waals surface area (Å²) in [5.41, 5.74) is 3.48. The molecule has 100 valence electrons. The molecule has 1 saturated carbocycles. The fraction of sp³-hybridized carbons (Fsp3) is 0.647. The van der Waals surface area contributed by atoms with Crippen LogP contribution in [0.3, 0.4) is 0 Å². The Labute approximate surface area is 111 Å². The molecule has 0 aliphatic heterocycles. The molecule has 0 bridgehead atoms. The standard InChI is InChI=1S/C17H26O/c1-4-15-7-9-17(18,10-8-15)12-16-11-13(2)5-6-14(16)3/h5-6,11,15,18H,4,7-10,12H2,1-3H3. The molecule has 0 spiro atoms. The Morgan fingerprint density at radius 3 is 2.50 bits per heavy atom. The highest BCUT2D eigenvalue weighted by molar-refractivity contribution is 5.31. The molecule has 2 rings (SSSR count). The third kappa shape index (κ3) is 3.14. The van der Waals surface area contributed by atoms with Crippen LogP contribution in [0, 0.1) is 19.8 Å². The molecule has 0 radical (unpaired) electrons. The minimum atomic E-state index is -0.454. The highest BCUT2D eigenvalue weighted by Gasteiger charge is 2.32. The zero-order valence-electron chi connectivity index (χ0n) is 12.0. The third-order valence-electron chi connectivity index (χ3n) is 4.64. The van der Waals surface area contributed by atoms with Crippen molar-refractivity contribution in [3.63, 3.8) is 0 Å². The summed E-state index contributed by atoms with van der Waals surface area (Å²) in [7, 11) is 0. The fourth-order valence-corrected chi connectivity index (χ4v) is 3.15. The lowest BCUT2D eigenvalue weighted by Crippen LogP contribution is -2.36. The summed E-state index contributed by atoms with van der Waals surface area (Å²) in [6.07, 6.45) is 6.42. The lowest BCUT2D eigenvalue weighted by Gasteiger charge is -2.36. The van der Waals surface area contributed by atoms with Crippen molar-refractivity contribution in [2.24, 2.45) is 5.92 Å². The van der Waals surface area contributed by atoms with E-state index in [4.69, 9.17) is 0 Å². The van der Waals surface area contributed by atoms with Crippen LogP contribution in [0.1, 0.15) is 55.7 Å². The van der Waals surface area contributed by atoms with Crippen molar-refractivity contribution in [1.82, 2.24) is 0 Å². The Morgan fingerprint density at radius 2 is 1.89 bits per heavy atom. The van der Waals surface area contributed by atoms with Crippen molar-refractivity contribution < 1.29 is 5.11 Å². The molecule has 0 amide bonds. The van der Waals surface area contributed by atoms with Crippen molar-refractivity contribution in [1.29, 1.82) is 0 Å². The second kappa shape index (κ2) is 5.44. The van der Waals surface area contributed by atoms with Gasteiger partial charge in [-0.15, -0.1) is 0 Å². The Kier molecular flexibility index (Phi) is 4.11. The minimum absolute atomic E-state index is 0.454. The van der Waals surface area contributed by atoms with Gasteiger partial charge in [0.15, 0.2) is 0 Å². The van der Waals surface area contributed by atoms with Crippen LogP contribution in [-0.4, -0.2) is 10.7 Å². The molecular formula is C17H26O. The Morgan fingerprint density at radius 1 is 1.22 bits per heavy atom. The van der Waals surface area contributed by atoms with Gasteiger partial charge in [0, 0.05) is 6.42 Å². The van der Waals surface area contributed by atoms with Crippen molar-refractivity contribution in [3.05, 3.63) is 34.9 Å². The van der Waals surface area contributed by atoms with Gasteiger partial charge in [0.05, 0.1) is 5.60 Å². The van der Waals surface area contributed by atoms with Crippen LogP contribution in [-0.2, 0) is 6.42 Å². The fourth-order valence-electron chi connectivity index (χ4n) is 3.15. The molecule has 18 heavy (non-hydrogen) atoms. The molecule has 1 nitrogen and oxygen atoms in total. The van der Waals surface area contributed by atoms with E-state index in [0.29, 0.717) is 0 Å². The topological polar surface area (TPSA) is 20.2 Å². The molecule has 1 aromatic rings. The first kappa shape index (κ1) is 13.6. The second-order valence-electron chi connectivity index (χ2n) is 6.18. The highest BCUT2D eigenvalue weighted by atomic mass is 16.3. The average Bonchev–Trinajstić information content (AvgIpc) is 2.35.